The number of non-ortho nitro benzene ring substituents is 1. The van der Waals surface area contributed by atoms with Crippen LogP contribution in [0.4, 0.5) is 5.69 Å². The molecule has 1 aromatic carbocycles. The smallest absolute Gasteiger partial charge is 0.269 e. The summed E-state index contributed by atoms with van der Waals surface area (Å²) in [7, 11) is 0. The molecule has 1 heterocycles. The van der Waals surface area contributed by atoms with Crippen molar-refractivity contribution in [3.63, 3.8) is 0 Å². The molecule has 2 aromatic rings. The average Bonchev–Trinajstić information content (AvgIpc) is 2.71. The van der Waals surface area contributed by atoms with E-state index in [4.69, 9.17) is 4.74 Å². The molecule has 0 fully saturated rings. The topological polar surface area (TPSA) is 65.3 Å². The number of aromatic nitrogens is 1. The van der Waals surface area contributed by atoms with Crippen LogP contribution in [0.15, 0.2) is 36.5 Å². The zero-order chi connectivity index (χ0) is 10.7. The third-order valence-electron chi connectivity index (χ3n) is 1.68. The van der Waals surface area contributed by atoms with Crippen LogP contribution in [0, 0.1) is 10.1 Å². The molecule has 0 aliphatic heterocycles. The summed E-state index contributed by atoms with van der Waals surface area (Å²) in [5.41, 5.74) is 0.0478. The Hall–Kier alpha value is -1.95. The average molecular weight is 222 g/mol. The predicted octanol–water partition coefficient (Wildman–Crippen LogP) is 2.84. The fourth-order valence-electron chi connectivity index (χ4n) is 1.01. The standard InChI is InChI=1S/C9H6N2O3S/c12-11(13)7-1-3-8(4-2-7)14-9-5-6-10-15-9/h1-6H. The molecule has 1 aromatic heterocycles. The normalized spacial score (nSPS) is 9.87. The molecule has 5 nitrogen and oxygen atoms in total. The van der Waals surface area contributed by atoms with Crippen molar-refractivity contribution in [3.05, 3.63) is 46.6 Å². The number of nitrogens with zero attached hydrogens (tertiary/aromatic N) is 2. The van der Waals surface area contributed by atoms with Crippen LogP contribution in [0.25, 0.3) is 0 Å². The second-order valence-corrected chi connectivity index (χ2v) is 3.48. The van der Waals surface area contributed by atoms with Gasteiger partial charge in [-0.1, -0.05) is 0 Å². The molecule has 0 spiro atoms. The molecule has 0 N–H and O–H groups in total. The summed E-state index contributed by atoms with van der Waals surface area (Å²) in [4.78, 5) is 9.94. The number of rotatable bonds is 3. The molecule has 0 radical (unpaired) electrons. The molecule has 2 rings (SSSR count). The van der Waals surface area contributed by atoms with Gasteiger partial charge in [0.05, 0.1) is 4.92 Å². The SMILES string of the molecule is O=[N+]([O-])c1ccc(Oc2ccns2)cc1. The van der Waals surface area contributed by atoms with Gasteiger partial charge in [0.15, 0.2) is 5.06 Å². The lowest BCUT2D eigenvalue weighted by atomic mass is 10.3. The molecular formula is C9H6N2O3S. The molecule has 76 valence electrons. The fourth-order valence-corrected chi connectivity index (χ4v) is 1.49. The first kappa shape index (κ1) is 9.60. The highest BCUT2D eigenvalue weighted by atomic mass is 32.1. The van der Waals surface area contributed by atoms with Gasteiger partial charge in [-0.05, 0) is 12.1 Å². The fraction of sp³-hybridized carbons (Fsp3) is 0. The van der Waals surface area contributed by atoms with Crippen LogP contribution in [-0.2, 0) is 0 Å². The molecule has 6 heteroatoms. The maximum atomic E-state index is 10.4. The van der Waals surface area contributed by atoms with Gasteiger partial charge in [-0.15, -0.1) is 0 Å². The van der Waals surface area contributed by atoms with E-state index in [1.165, 1.54) is 23.7 Å². The zero-order valence-corrected chi connectivity index (χ0v) is 8.31. The summed E-state index contributed by atoms with van der Waals surface area (Å²) in [6.45, 7) is 0. The van der Waals surface area contributed by atoms with Gasteiger partial charge in [0.2, 0.25) is 0 Å². The highest BCUT2D eigenvalue weighted by Gasteiger charge is 2.05. The summed E-state index contributed by atoms with van der Waals surface area (Å²) < 4.78 is 9.26. The Morgan fingerprint density at radius 3 is 2.53 bits per heavy atom. The van der Waals surface area contributed by atoms with E-state index < -0.39 is 4.92 Å². The van der Waals surface area contributed by atoms with Crippen LogP contribution >= 0.6 is 11.5 Å². The Morgan fingerprint density at radius 2 is 2.00 bits per heavy atom. The van der Waals surface area contributed by atoms with E-state index in [0.29, 0.717) is 10.8 Å². The number of ether oxygens (including phenoxy) is 1. The second kappa shape index (κ2) is 4.05. The highest BCUT2D eigenvalue weighted by molar-refractivity contribution is 7.07. The number of hydrogen-bond donors (Lipinski definition) is 0. The van der Waals surface area contributed by atoms with E-state index in [0.717, 1.165) is 0 Å². The molecule has 15 heavy (non-hydrogen) atoms. The highest BCUT2D eigenvalue weighted by Crippen LogP contribution is 2.25. The number of nitro benzene ring substituents is 1. The minimum absolute atomic E-state index is 0.0478. The van der Waals surface area contributed by atoms with Crippen molar-refractivity contribution in [2.24, 2.45) is 0 Å². The predicted molar refractivity (Wildman–Crippen MR) is 55.3 cm³/mol. The Bertz CT molecular complexity index is 453. The summed E-state index contributed by atoms with van der Waals surface area (Å²) in [5, 5.41) is 11.0. The third-order valence-corrected chi connectivity index (χ3v) is 2.31. The first-order valence-electron chi connectivity index (χ1n) is 4.09. The van der Waals surface area contributed by atoms with Crippen molar-refractivity contribution in [1.82, 2.24) is 4.37 Å². The lowest BCUT2D eigenvalue weighted by molar-refractivity contribution is -0.384. The van der Waals surface area contributed by atoms with Crippen molar-refractivity contribution in [2.75, 3.05) is 0 Å². The first-order chi connectivity index (χ1) is 7.25. The molecule has 0 aliphatic rings. The summed E-state index contributed by atoms with van der Waals surface area (Å²) in [6, 6.07) is 7.63. The van der Waals surface area contributed by atoms with Crippen molar-refractivity contribution in [3.8, 4) is 10.8 Å². The molecule has 0 saturated carbocycles. The minimum Gasteiger partial charge on any atom is -0.445 e. The van der Waals surface area contributed by atoms with E-state index in [2.05, 4.69) is 4.37 Å². The third kappa shape index (κ3) is 2.29. The molecule has 0 unspecified atom stereocenters. The summed E-state index contributed by atoms with van der Waals surface area (Å²) in [6.07, 6.45) is 1.63. The maximum absolute atomic E-state index is 10.4. The van der Waals surface area contributed by atoms with E-state index >= 15 is 0 Å². The maximum Gasteiger partial charge on any atom is 0.269 e. The number of nitro groups is 1. The van der Waals surface area contributed by atoms with Crippen LogP contribution in [0.1, 0.15) is 0 Å². The Labute approximate surface area is 89.3 Å². The molecule has 0 saturated heterocycles. The van der Waals surface area contributed by atoms with E-state index in [1.807, 2.05) is 0 Å². The Kier molecular flexibility index (Phi) is 2.59. The lowest BCUT2D eigenvalue weighted by Crippen LogP contribution is -1.87. The van der Waals surface area contributed by atoms with Gasteiger partial charge in [-0.3, -0.25) is 10.1 Å². The monoisotopic (exact) mass is 222 g/mol. The van der Waals surface area contributed by atoms with Gasteiger partial charge in [0.1, 0.15) is 5.75 Å². The quantitative estimate of drug-likeness (QED) is 0.591. The molecule has 0 bridgehead atoms. The molecular weight excluding hydrogens is 216 g/mol. The largest absolute Gasteiger partial charge is 0.445 e. The van der Waals surface area contributed by atoms with Gasteiger partial charge in [-0.25, -0.2) is 0 Å². The second-order valence-electron chi connectivity index (χ2n) is 2.68. The summed E-state index contributed by atoms with van der Waals surface area (Å²) >= 11 is 1.22. The van der Waals surface area contributed by atoms with Crippen molar-refractivity contribution < 1.29 is 9.66 Å². The van der Waals surface area contributed by atoms with Gasteiger partial charge >= 0.3 is 0 Å². The van der Waals surface area contributed by atoms with Gasteiger partial charge < -0.3 is 4.74 Å². The first-order valence-corrected chi connectivity index (χ1v) is 4.86. The zero-order valence-electron chi connectivity index (χ0n) is 7.49. The van der Waals surface area contributed by atoms with Crippen LogP contribution < -0.4 is 4.74 Å². The number of hydrogen-bond acceptors (Lipinski definition) is 5. The van der Waals surface area contributed by atoms with Gasteiger partial charge in [-0.2, -0.15) is 4.37 Å². The summed E-state index contributed by atoms with van der Waals surface area (Å²) in [5.74, 6) is 0.560. The van der Waals surface area contributed by atoms with Crippen LogP contribution in [0.3, 0.4) is 0 Å². The lowest BCUT2D eigenvalue weighted by Gasteiger charge is -2.00. The van der Waals surface area contributed by atoms with Gasteiger partial charge in [0, 0.05) is 35.9 Å². The minimum atomic E-state index is -0.448. The van der Waals surface area contributed by atoms with Crippen molar-refractivity contribution >= 4 is 17.2 Å². The Balaban J connectivity index is 2.14. The van der Waals surface area contributed by atoms with E-state index in [-0.39, 0.29) is 5.69 Å². The molecule has 0 atom stereocenters. The number of benzene rings is 1. The molecule has 0 amide bonds. The molecule has 0 aliphatic carbocycles. The van der Waals surface area contributed by atoms with Crippen LogP contribution in [-0.4, -0.2) is 9.30 Å². The van der Waals surface area contributed by atoms with E-state index in [1.54, 1.807) is 24.4 Å². The van der Waals surface area contributed by atoms with Gasteiger partial charge in [0.25, 0.3) is 5.69 Å². The van der Waals surface area contributed by atoms with Crippen LogP contribution in [0.2, 0.25) is 0 Å². The van der Waals surface area contributed by atoms with Crippen LogP contribution in [0.5, 0.6) is 10.8 Å². The Morgan fingerprint density at radius 1 is 1.27 bits per heavy atom. The van der Waals surface area contributed by atoms with Crippen molar-refractivity contribution in [1.29, 1.82) is 0 Å². The van der Waals surface area contributed by atoms with Crippen molar-refractivity contribution in [2.45, 2.75) is 0 Å². The van der Waals surface area contributed by atoms with E-state index in [9.17, 15) is 10.1 Å².